The highest BCUT2D eigenvalue weighted by Crippen LogP contribution is 2.32. The first-order valence-electron chi connectivity index (χ1n) is 5.12. The van der Waals surface area contributed by atoms with Gasteiger partial charge >= 0.3 is 0 Å². The van der Waals surface area contributed by atoms with E-state index >= 15 is 0 Å². The molecule has 0 aromatic heterocycles. The van der Waals surface area contributed by atoms with Crippen molar-refractivity contribution in [2.75, 3.05) is 18.5 Å². The van der Waals surface area contributed by atoms with Crippen LogP contribution in [0.2, 0.25) is 0 Å². The summed E-state index contributed by atoms with van der Waals surface area (Å²) in [4.78, 5) is 2.35. The number of hydrogen-bond donors (Lipinski definition) is 0. The second-order valence-electron chi connectivity index (χ2n) is 3.99. The summed E-state index contributed by atoms with van der Waals surface area (Å²) in [5.41, 5.74) is 1.34. The fourth-order valence-corrected chi connectivity index (χ4v) is 1.59. The fraction of sp³-hybridized carbons (Fsp3) is 0.500. The average molecular weight is 175 g/mol. The Morgan fingerprint density at radius 3 is 2.54 bits per heavy atom. The minimum Gasteiger partial charge on any atom is -0.375 e. The van der Waals surface area contributed by atoms with Gasteiger partial charge in [-0.1, -0.05) is 31.0 Å². The highest BCUT2D eigenvalue weighted by Gasteiger charge is 2.20. The Balaban J connectivity index is 1.85. The van der Waals surface area contributed by atoms with E-state index in [1.807, 2.05) is 0 Å². The summed E-state index contributed by atoms with van der Waals surface area (Å²) in [5, 5.41) is 0. The molecule has 2 rings (SSSR count). The lowest BCUT2D eigenvalue weighted by atomic mass is 10.2. The van der Waals surface area contributed by atoms with Gasteiger partial charge in [-0.15, -0.1) is 0 Å². The molecule has 13 heavy (non-hydrogen) atoms. The SMILES string of the molecule is CN(CCC1CC1)c1ccccc1. The Morgan fingerprint density at radius 2 is 1.92 bits per heavy atom. The molecule has 1 aliphatic carbocycles. The number of benzene rings is 1. The van der Waals surface area contributed by atoms with E-state index in [1.165, 1.54) is 31.5 Å². The molecule has 0 spiro atoms. The molecule has 0 heterocycles. The topological polar surface area (TPSA) is 3.24 Å². The molecule has 0 atom stereocenters. The zero-order valence-electron chi connectivity index (χ0n) is 8.24. The molecule has 0 saturated heterocycles. The van der Waals surface area contributed by atoms with Crippen LogP contribution in [-0.2, 0) is 0 Å². The van der Waals surface area contributed by atoms with Crippen LogP contribution in [0.25, 0.3) is 0 Å². The predicted octanol–water partition coefficient (Wildman–Crippen LogP) is 2.92. The first-order chi connectivity index (χ1) is 6.36. The highest BCUT2D eigenvalue weighted by molar-refractivity contribution is 5.44. The molecule has 0 bridgehead atoms. The molecule has 1 nitrogen and oxygen atoms in total. The minimum atomic E-state index is 1.03. The van der Waals surface area contributed by atoms with Crippen molar-refractivity contribution in [2.24, 2.45) is 5.92 Å². The molecule has 0 aliphatic heterocycles. The largest absolute Gasteiger partial charge is 0.375 e. The quantitative estimate of drug-likeness (QED) is 0.680. The minimum absolute atomic E-state index is 1.03. The third-order valence-corrected chi connectivity index (χ3v) is 2.77. The van der Waals surface area contributed by atoms with E-state index in [0.717, 1.165) is 5.92 Å². The van der Waals surface area contributed by atoms with Crippen molar-refractivity contribution in [1.29, 1.82) is 0 Å². The van der Waals surface area contributed by atoms with Gasteiger partial charge in [0, 0.05) is 19.3 Å². The van der Waals surface area contributed by atoms with Gasteiger partial charge in [-0.3, -0.25) is 0 Å². The first kappa shape index (κ1) is 8.61. The second-order valence-corrected chi connectivity index (χ2v) is 3.99. The van der Waals surface area contributed by atoms with E-state index in [9.17, 15) is 0 Å². The molecule has 0 amide bonds. The summed E-state index contributed by atoms with van der Waals surface area (Å²) in [6.07, 6.45) is 4.29. The van der Waals surface area contributed by atoms with E-state index in [1.54, 1.807) is 0 Å². The third kappa shape index (κ3) is 2.48. The molecule has 0 unspecified atom stereocenters. The number of rotatable bonds is 4. The molecule has 0 radical (unpaired) electrons. The molecule has 1 aliphatic rings. The van der Waals surface area contributed by atoms with E-state index in [-0.39, 0.29) is 0 Å². The number of hydrogen-bond acceptors (Lipinski definition) is 1. The second kappa shape index (κ2) is 3.82. The lowest BCUT2D eigenvalue weighted by Gasteiger charge is -2.18. The van der Waals surface area contributed by atoms with E-state index < -0.39 is 0 Å². The van der Waals surface area contributed by atoms with Gasteiger partial charge < -0.3 is 4.90 Å². The Morgan fingerprint density at radius 1 is 1.23 bits per heavy atom. The van der Waals surface area contributed by atoms with Crippen LogP contribution in [0.15, 0.2) is 30.3 Å². The van der Waals surface area contributed by atoms with E-state index in [0.29, 0.717) is 0 Å². The normalized spacial score (nSPS) is 15.8. The van der Waals surface area contributed by atoms with Gasteiger partial charge in [0.25, 0.3) is 0 Å². The van der Waals surface area contributed by atoms with Crippen LogP contribution in [-0.4, -0.2) is 13.6 Å². The van der Waals surface area contributed by atoms with Crippen molar-refractivity contribution >= 4 is 5.69 Å². The molecule has 1 heteroatoms. The predicted molar refractivity (Wildman–Crippen MR) is 57.1 cm³/mol. The van der Waals surface area contributed by atoms with Crippen LogP contribution in [0.5, 0.6) is 0 Å². The smallest absolute Gasteiger partial charge is 0.0363 e. The van der Waals surface area contributed by atoms with Gasteiger partial charge in [0.2, 0.25) is 0 Å². The fourth-order valence-electron chi connectivity index (χ4n) is 1.59. The number of para-hydroxylation sites is 1. The zero-order chi connectivity index (χ0) is 9.10. The molecule has 1 saturated carbocycles. The summed E-state index contributed by atoms with van der Waals surface area (Å²) in [6, 6.07) is 10.6. The molecular weight excluding hydrogens is 158 g/mol. The maximum Gasteiger partial charge on any atom is 0.0363 e. The van der Waals surface area contributed by atoms with Gasteiger partial charge in [0.15, 0.2) is 0 Å². The molecule has 1 aromatic rings. The molecular formula is C12H17N. The van der Waals surface area contributed by atoms with Crippen molar-refractivity contribution in [3.8, 4) is 0 Å². The van der Waals surface area contributed by atoms with Gasteiger partial charge in [-0.2, -0.15) is 0 Å². The zero-order valence-corrected chi connectivity index (χ0v) is 8.24. The van der Waals surface area contributed by atoms with Crippen molar-refractivity contribution < 1.29 is 0 Å². The summed E-state index contributed by atoms with van der Waals surface area (Å²) in [7, 11) is 2.18. The Labute approximate surface area is 80.4 Å². The average Bonchev–Trinajstić information content (AvgIpc) is 2.99. The molecule has 70 valence electrons. The Hall–Kier alpha value is -0.980. The summed E-state index contributed by atoms with van der Waals surface area (Å²) in [5.74, 6) is 1.03. The summed E-state index contributed by atoms with van der Waals surface area (Å²) >= 11 is 0. The first-order valence-corrected chi connectivity index (χ1v) is 5.12. The van der Waals surface area contributed by atoms with Crippen LogP contribution in [0.1, 0.15) is 19.3 Å². The summed E-state index contributed by atoms with van der Waals surface area (Å²) in [6.45, 7) is 1.20. The van der Waals surface area contributed by atoms with Gasteiger partial charge in [0.05, 0.1) is 0 Å². The number of anilines is 1. The monoisotopic (exact) mass is 175 g/mol. The molecule has 0 N–H and O–H groups in total. The van der Waals surface area contributed by atoms with Gasteiger partial charge in [-0.05, 0) is 24.5 Å². The standard InChI is InChI=1S/C12H17N/c1-13(10-9-11-7-8-11)12-5-3-2-4-6-12/h2-6,11H,7-10H2,1H3. The number of nitrogens with zero attached hydrogens (tertiary/aromatic N) is 1. The van der Waals surface area contributed by atoms with Crippen molar-refractivity contribution in [3.05, 3.63) is 30.3 Å². The van der Waals surface area contributed by atoms with Crippen LogP contribution in [0.4, 0.5) is 5.69 Å². The molecule has 1 fully saturated rings. The van der Waals surface area contributed by atoms with Crippen LogP contribution < -0.4 is 4.90 Å². The van der Waals surface area contributed by atoms with E-state index in [2.05, 4.69) is 42.3 Å². The van der Waals surface area contributed by atoms with Crippen LogP contribution in [0, 0.1) is 5.92 Å². The highest BCUT2D eigenvalue weighted by atomic mass is 15.1. The van der Waals surface area contributed by atoms with Crippen LogP contribution >= 0.6 is 0 Å². The third-order valence-electron chi connectivity index (χ3n) is 2.77. The van der Waals surface area contributed by atoms with Gasteiger partial charge in [0.1, 0.15) is 0 Å². The van der Waals surface area contributed by atoms with Crippen molar-refractivity contribution in [1.82, 2.24) is 0 Å². The van der Waals surface area contributed by atoms with Crippen molar-refractivity contribution in [2.45, 2.75) is 19.3 Å². The Bertz CT molecular complexity index is 251. The lowest BCUT2D eigenvalue weighted by Crippen LogP contribution is -2.18. The van der Waals surface area contributed by atoms with Gasteiger partial charge in [-0.25, -0.2) is 0 Å². The maximum atomic E-state index is 2.35. The van der Waals surface area contributed by atoms with E-state index in [4.69, 9.17) is 0 Å². The summed E-state index contributed by atoms with van der Waals surface area (Å²) < 4.78 is 0. The van der Waals surface area contributed by atoms with Crippen molar-refractivity contribution in [3.63, 3.8) is 0 Å². The lowest BCUT2D eigenvalue weighted by molar-refractivity contribution is 0.711. The molecule has 1 aromatic carbocycles. The maximum absolute atomic E-state index is 2.35. The van der Waals surface area contributed by atoms with Crippen LogP contribution in [0.3, 0.4) is 0 Å². The Kier molecular flexibility index (Phi) is 2.53.